The molecule has 1 aromatic heterocycles. The van der Waals surface area contributed by atoms with E-state index < -0.39 is 0 Å². The molecule has 0 spiro atoms. The van der Waals surface area contributed by atoms with Crippen molar-refractivity contribution in [3.05, 3.63) is 27.4 Å². The van der Waals surface area contributed by atoms with Crippen molar-refractivity contribution >= 4 is 58.4 Å². The van der Waals surface area contributed by atoms with Crippen molar-refractivity contribution in [3.63, 3.8) is 0 Å². The minimum Gasteiger partial charge on any atom is -0.105 e. The van der Waals surface area contributed by atoms with Gasteiger partial charge in [-0.15, -0.1) is 22.7 Å². The van der Waals surface area contributed by atoms with E-state index in [0.29, 0.717) is 0 Å². The Morgan fingerprint density at radius 3 is 1.86 bits per heavy atom. The molecule has 0 aliphatic carbocycles. The molecule has 1 aromatic carbocycles. The molecule has 3 rings (SSSR count). The summed E-state index contributed by atoms with van der Waals surface area (Å²) in [5.41, 5.74) is 0. The van der Waals surface area contributed by atoms with Gasteiger partial charge in [-0.2, -0.15) is 0 Å². The third-order valence-electron chi connectivity index (χ3n) is 1.77. The second-order valence-corrected chi connectivity index (χ2v) is 8.53. The van der Waals surface area contributed by atoms with Crippen LogP contribution in [0.25, 0.3) is 0 Å². The average molecular weight is 272 g/mol. The Kier molecular flexibility index (Phi) is 2.45. The predicted octanol–water partition coefficient (Wildman–Crippen LogP) is 5.15. The zero-order valence-corrected chi connectivity index (χ0v) is 10.9. The van der Waals surface area contributed by atoms with E-state index in [4.69, 9.17) is 12.2 Å². The minimum atomic E-state index is 1.03. The summed E-state index contributed by atoms with van der Waals surface area (Å²) in [5.74, 6) is 0. The van der Waals surface area contributed by atoms with Crippen LogP contribution in [0.2, 0.25) is 0 Å². The van der Waals surface area contributed by atoms with E-state index in [0.717, 1.165) is 3.14 Å². The lowest BCUT2D eigenvalue weighted by Gasteiger charge is -2.12. The van der Waals surface area contributed by atoms with Crippen molar-refractivity contribution in [2.24, 2.45) is 0 Å². The van der Waals surface area contributed by atoms with E-state index in [-0.39, 0.29) is 0 Å². The van der Waals surface area contributed by atoms with Gasteiger partial charge >= 0.3 is 0 Å². The highest BCUT2D eigenvalue weighted by Crippen LogP contribution is 2.52. The topological polar surface area (TPSA) is 0 Å². The standard InChI is InChI=1S/C9H4S5/c10-9-13-7-8(14-9)12-6-4-2-1-3-5(6)11-7/h1-4H. The maximum Gasteiger partial charge on any atom is 0.145 e. The molecule has 2 heterocycles. The summed E-state index contributed by atoms with van der Waals surface area (Å²) in [6.45, 7) is 0. The highest BCUT2D eigenvalue weighted by atomic mass is 32.2. The van der Waals surface area contributed by atoms with Crippen LogP contribution in [0.15, 0.2) is 42.5 Å². The van der Waals surface area contributed by atoms with Crippen LogP contribution in [0.5, 0.6) is 0 Å². The number of hydrogen-bond acceptors (Lipinski definition) is 5. The van der Waals surface area contributed by atoms with Gasteiger partial charge in [0.25, 0.3) is 0 Å². The van der Waals surface area contributed by atoms with E-state index in [1.54, 1.807) is 22.7 Å². The van der Waals surface area contributed by atoms with Gasteiger partial charge in [0.05, 0.1) is 8.42 Å². The summed E-state index contributed by atoms with van der Waals surface area (Å²) in [6.07, 6.45) is 0. The molecule has 70 valence electrons. The molecule has 0 bridgehead atoms. The largest absolute Gasteiger partial charge is 0.145 e. The van der Waals surface area contributed by atoms with Gasteiger partial charge in [0.1, 0.15) is 3.14 Å². The molecular formula is C9H4S5. The van der Waals surface area contributed by atoms with Gasteiger partial charge in [0.15, 0.2) is 0 Å². The highest BCUT2D eigenvalue weighted by Gasteiger charge is 2.18. The fourth-order valence-corrected chi connectivity index (χ4v) is 7.29. The first kappa shape index (κ1) is 9.42. The Morgan fingerprint density at radius 2 is 1.36 bits per heavy atom. The molecule has 0 N–H and O–H groups in total. The van der Waals surface area contributed by atoms with E-state index in [2.05, 4.69) is 24.3 Å². The Balaban J connectivity index is 2.16. The third-order valence-corrected chi connectivity index (χ3v) is 7.46. The first-order chi connectivity index (χ1) is 6.83. The normalized spacial score (nSPS) is 13.4. The van der Waals surface area contributed by atoms with E-state index in [1.165, 1.54) is 18.2 Å². The van der Waals surface area contributed by atoms with Crippen molar-refractivity contribution < 1.29 is 0 Å². The first-order valence-corrected chi connectivity index (χ1v) is 7.59. The molecule has 2 aromatic rings. The van der Waals surface area contributed by atoms with Crippen molar-refractivity contribution in [2.45, 2.75) is 18.2 Å². The van der Waals surface area contributed by atoms with Crippen LogP contribution in [-0.2, 0) is 0 Å². The van der Waals surface area contributed by atoms with Crippen molar-refractivity contribution in [2.75, 3.05) is 0 Å². The van der Waals surface area contributed by atoms with Crippen LogP contribution in [0.1, 0.15) is 0 Å². The summed E-state index contributed by atoms with van der Waals surface area (Å²) in [6, 6.07) is 8.51. The van der Waals surface area contributed by atoms with Crippen LogP contribution in [-0.4, -0.2) is 0 Å². The van der Waals surface area contributed by atoms with Gasteiger partial charge < -0.3 is 0 Å². The lowest BCUT2D eigenvalue weighted by Crippen LogP contribution is -1.82. The molecule has 0 fully saturated rings. The average Bonchev–Trinajstić information content (AvgIpc) is 2.53. The SMILES string of the molecule is S=c1sc2c(s1)Sc1ccccc1S2. The maximum atomic E-state index is 5.20. The Hall–Kier alpha value is 0.190. The maximum absolute atomic E-state index is 5.20. The lowest BCUT2D eigenvalue weighted by molar-refractivity contribution is 1.22. The number of benzene rings is 1. The molecule has 0 saturated carbocycles. The summed E-state index contributed by atoms with van der Waals surface area (Å²) in [5, 5.41) is 0. The van der Waals surface area contributed by atoms with Gasteiger partial charge in [-0.1, -0.05) is 47.9 Å². The van der Waals surface area contributed by atoms with Gasteiger partial charge in [0.2, 0.25) is 0 Å². The molecule has 5 heteroatoms. The van der Waals surface area contributed by atoms with Crippen LogP contribution >= 0.6 is 58.4 Å². The van der Waals surface area contributed by atoms with Crippen LogP contribution < -0.4 is 0 Å². The van der Waals surface area contributed by atoms with Gasteiger partial charge in [0, 0.05) is 9.79 Å². The van der Waals surface area contributed by atoms with E-state index in [1.807, 2.05) is 23.5 Å². The van der Waals surface area contributed by atoms with E-state index in [9.17, 15) is 0 Å². The number of fused-ring (bicyclic) bond motifs is 2. The summed E-state index contributed by atoms with van der Waals surface area (Å²) >= 11 is 12.3. The minimum absolute atomic E-state index is 1.03. The van der Waals surface area contributed by atoms with Crippen molar-refractivity contribution in [3.8, 4) is 0 Å². The summed E-state index contributed by atoms with van der Waals surface area (Å²) in [4.78, 5) is 2.71. The second kappa shape index (κ2) is 3.64. The quantitative estimate of drug-likeness (QED) is 0.519. The molecule has 0 saturated heterocycles. The van der Waals surface area contributed by atoms with Crippen molar-refractivity contribution in [1.29, 1.82) is 0 Å². The predicted molar refractivity (Wildman–Crippen MR) is 67.7 cm³/mol. The molecule has 0 unspecified atom stereocenters. The molecule has 0 nitrogen and oxygen atoms in total. The zero-order valence-electron chi connectivity index (χ0n) is 6.85. The Morgan fingerprint density at radius 1 is 0.857 bits per heavy atom. The number of hydrogen-bond donors (Lipinski definition) is 0. The Labute approximate surface area is 103 Å². The lowest BCUT2D eigenvalue weighted by atomic mass is 10.4. The van der Waals surface area contributed by atoms with Gasteiger partial charge in [-0.05, 0) is 12.1 Å². The fourth-order valence-electron chi connectivity index (χ4n) is 1.20. The molecule has 14 heavy (non-hydrogen) atoms. The highest BCUT2D eigenvalue weighted by molar-refractivity contribution is 8.07. The summed E-state index contributed by atoms with van der Waals surface area (Å²) in [7, 11) is 0. The van der Waals surface area contributed by atoms with Crippen LogP contribution in [0, 0.1) is 3.14 Å². The summed E-state index contributed by atoms with van der Waals surface area (Å²) < 4.78 is 3.76. The fraction of sp³-hybridized carbons (Fsp3) is 0. The monoisotopic (exact) mass is 272 g/mol. The van der Waals surface area contributed by atoms with Gasteiger partial charge in [-0.3, -0.25) is 0 Å². The zero-order chi connectivity index (χ0) is 9.54. The molecule has 0 amide bonds. The number of rotatable bonds is 0. The third kappa shape index (κ3) is 1.57. The molecule has 0 atom stereocenters. The first-order valence-electron chi connectivity index (χ1n) is 3.91. The molecule has 1 aliphatic rings. The Bertz CT molecular complexity index is 491. The molecule has 0 radical (unpaired) electrons. The van der Waals surface area contributed by atoms with Crippen molar-refractivity contribution in [1.82, 2.24) is 0 Å². The van der Waals surface area contributed by atoms with E-state index >= 15 is 0 Å². The van der Waals surface area contributed by atoms with Crippen LogP contribution in [0.3, 0.4) is 0 Å². The van der Waals surface area contributed by atoms with Gasteiger partial charge in [-0.25, -0.2) is 0 Å². The second-order valence-electron chi connectivity index (χ2n) is 2.68. The molecular weight excluding hydrogens is 268 g/mol. The van der Waals surface area contributed by atoms with Crippen LogP contribution in [0.4, 0.5) is 0 Å². The smallest absolute Gasteiger partial charge is 0.105 e. The molecule has 1 aliphatic heterocycles.